The van der Waals surface area contributed by atoms with E-state index in [1.165, 1.54) is 0 Å². The molecule has 5 heteroatoms. The Hall–Kier alpha value is -1.52. The number of aliphatic imine (C=N–C) groups is 1. The molecule has 0 heterocycles. The third kappa shape index (κ3) is 5.21. The molecule has 0 aliphatic rings. The van der Waals surface area contributed by atoms with Crippen molar-refractivity contribution in [1.29, 1.82) is 0 Å². The molecule has 0 aliphatic carbocycles. The predicted octanol–water partition coefficient (Wildman–Crippen LogP) is 1.85. The average Bonchev–Trinajstić information content (AvgIpc) is 2.33. The van der Waals surface area contributed by atoms with Gasteiger partial charge in [0, 0.05) is 11.6 Å². The minimum absolute atomic E-state index is 0.190. The van der Waals surface area contributed by atoms with E-state index in [2.05, 4.69) is 16.9 Å². The molecule has 98 valence electrons. The maximum Gasteiger partial charge on any atom is 0.188 e. The van der Waals surface area contributed by atoms with Gasteiger partial charge in [-0.1, -0.05) is 35.9 Å². The summed E-state index contributed by atoms with van der Waals surface area (Å²) in [5.74, 6) is 0.291. The molecule has 0 bridgehead atoms. The molecule has 4 N–H and O–H groups in total. The van der Waals surface area contributed by atoms with Gasteiger partial charge >= 0.3 is 0 Å². The lowest BCUT2D eigenvalue weighted by molar-refractivity contribution is 0.187. The zero-order valence-electron chi connectivity index (χ0n) is 10.4. The molecule has 0 aliphatic heterocycles. The summed E-state index contributed by atoms with van der Waals surface area (Å²) < 4.78 is 0. The standard InChI is InChI=1S/C13H18ClN3O/c1-9(2)7-16-13(15)17-8-12(18)10-4-3-5-11(14)6-10/h3-6,12,18H,1,7-8H2,2H3,(H3,15,16,17)/t12-/m1/s1. The van der Waals surface area contributed by atoms with Crippen molar-refractivity contribution in [3.05, 3.63) is 47.0 Å². The van der Waals surface area contributed by atoms with Crippen molar-refractivity contribution in [2.24, 2.45) is 10.7 Å². The van der Waals surface area contributed by atoms with E-state index < -0.39 is 6.10 Å². The van der Waals surface area contributed by atoms with Crippen molar-refractivity contribution in [2.45, 2.75) is 13.0 Å². The summed E-state index contributed by atoms with van der Waals surface area (Å²) in [7, 11) is 0. The molecule has 0 fully saturated rings. The number of benzene rings is 1. The molecule has 1 rings (SSSR count). The zero-order valence-corrected chi connectivity index (χ0v) is 11.1. The van der Waals surface area contributed by atoms with Gasteiger partial charge in [-0.3, -0.25) is 4.99 Å². The SMILES string of the molecule is C=C(C)CNC(N)=NC[C@@H](O)c1cccc(Cl)c1. The molecule has 1 aromatic carbocycles. The van der Waals surface area contributed by atoms with Crippen molar-refractivity contribution in [1.82, 2.24) is 5.32 Å². The molecule has 0 unspecified atom stereocenters. The first-order chi connectivity index (χ1) is 8.49. The molecular formula is C13H18ClN3O. The Labute approximate surface area is 112 Å². The summed E-state index contributed by atoms with van der Waals surface area (Å²) in [6, 6.07) is 7.04. The molecule has 0 saturated heterocycles. The minimum Gasteiger partial charge on any atom is -0.386 e. The van der Waals surface area contributed by atoms with E-state index in [1.54, 1.807) is 24.3 Å². The fourth-order valence-corrected chi connectivity index (χ4v) is 1.50. The molecule has 4 nitrogen and oxygen atoms in total. The number of hydrogen-bond donors (Lipinski definition) is 3. The molecule has 0 amide bonds. The zero-order chi connectivity index (χ0) is 13.5. The van der Waals surface area contributed by atoms with E-state index in [1.807, 2.05) is 6.92 Å². The number of halogens is 1. The Bertz CT molecular complexity index is 446. The predicted molar refractivity (Wildman–Crippen MR) is 75.7 cm³/mol. The first kappa shape index (κ1) is 14.5. The summed E-state index contributed by atoms with van der Waals surface area (Å²) in [5.41, 5.74) is 7.32. The average molecular weight is 268 g/mol. The van der Waals surface area contributed by atoms with Crippen LogP contribution in [-0.2, 0) is 0 Å². The van der Waals surface area contributed by atoms with Crippen LogP contribution in [0.25, 0.3) is 0 Å². The summed E-state index contributed by atoms with van der Waals surface area (Å²) in [4.78, 5) is 4.05. The topological polar surface area (TPSA) is 70.6 Å². The van der Waals surface area contributed by atoms with Gasteiger partial charge in [0.1, 0.15) is 0 Å². The number of nitrogens with two attached hydrogens (primary N) is 1. The third-order valence-corrected chi connectivity index (χ3v) is 2.47. The van der Waals surface area contributed by atoms with Gasteiger partial charge < -0.3 is 16.2 Å². The molecule has 0 aromatic heterocycles. The van der Waals surface area contributed by atoms with Gasteiger partial charge in [-0.2, -0.15) is 0 Å². The highest BCUT2D eigenvalue weighted by Gasteiger charge is 2.07. The lowest BCUT2D eigenvalue weighted by Crippen LogP contribution is -2.33. The quantitative estimate of drug-likeness (QED) is 0.433. The van der Waals surface area contributed by atoms with Crippen molar-refractivity contribution < 1.29 is 5.11 Å². The third-order valence-electron chi connectivity index (χ3n) is 2.24. The summed E-state index contributed by atoms with van der Waals surface area (Å²) in [6.07, 6.45) is -0.714. The second-order valence-corrected chi connectivity index (χ2v) is 4.54. The van der Waals surface area contributed by atoms with E-state index in [-0.39, 0.29) is 6.54 Å². The number of rotatable bonds is 5. The molecule has 1 aromatic rings. The van der Waals surface area contributed by atoms with Crippen LogP contribution < -0.4 is 11.1 Å². The first-order valence-electron chi connectivity index (χ1n) is 5.60. The number of aliphatic hydroxyl groups is 1. The fraction of sp³-hybridized carbons (Fsp3) is 0.308. The minimum atomic E-state index is -0.714. The van der Waals surface area contributed by atoms with Gasteiger partial charge in [0.05, 0.1) is 12.6 Å². The van der Waals surface area contributed by atoms with Gasteiger partial charge in [0.15, 0.2) is 5.96 Å². The highest BCUT2D eigenvalue weighted by molar-refractivity contribution is 6.30. The number of nitrogens with zero attached hydrogens (tertiary/aromatic N) is 1. The van der Waals surface area contributed by atoms with E-state index in [0.717, 1.165) is 11.1 Å². The number of guanidine groups is 1. The second-order valence-electron chi connectivity index (χ2n) is 4.11. The molecule has 0 saturated carbocycles. The highest BCUT2D eigenvalue weighted by atomic mass is 35.5. The smallest absolute Gasteiger partial charge is 0.188 e. The van der Waals surface area contributed by atoms with Gasteiger partial charge in [-0.25, -0.2) is 0 Å². The Morgan fingerprint density at radius 3 is 2.94 bits per heavy atom. The van der Waals surface area contributed by atoms with Crippen molar-refractivity contribution in [3.8, 4) is 0 Å². The number of hydrogen-bond acceptors (Lipinski definition) is 2. The van der Waals surface area contributed by atoms with Crippen LogP contribution in [0.2, 0.25) is 5.02 Å². The van der Waals surface area contributed by atoms with Crippen LogP contribution in [0.5, 0.6) is 0 Å². The highest BCUT2D eigenvalue weighted by Crippen LogP contribution is 2.17. The van der Waals surface area contributed by atoms with E-state index in [0.29, 0.717) is 17.5 Å². The molecule has 1 atom stereocenters. The van der Waals surface area contributed by atoms with Crippen LogP contribution in [0.4, 0.5) is 0 Å². The van der Waals surface area contributed by atoms with Gasteiger partial charge in [0.25, 0.3) is 0 Å². The number of aliphatic hydroxyl groups excluding tert-OH is 1. The van der Waals surface area contributed by atoms with Crippen LogP contribution in [0.3, 0.4) is 0 Å². The molecular weight excluding hydrogens is 250 g/mol. The van der Waals surface area contributed by atoms with Gasteiger partial charge in [-0.05, 0) is 24.6 Å². The van der Waals surface area contributed by atoms with Gasteiger partial charge in [0.2, 0.25) is 0 Å². The number of nitrogens with one attached hydrogen (secondary N) is 1. The molecule has 0 spiro atoms. The van der Waals surface area contributed by atoms with Crippen molar-refractivity contribution in [2.75, 3.05) is 13.1 Å². The van der Waals surface area contributed by atoms with Crippen LogP contribution in [0.1, 0.15) is 18.6 Å². The Morgan fingerprint density at radius 2 is 2.33 bits per heavy atom. The second kappa shape index (κ2) is 7.03. The monoisotopic (exact) mass is 267 g/mol. The van der Waals surface area contributed by atoms with Crippen LogP contribution >= 0.6 is 11.6 Å². The van der Waals surface area contributed by atoms with E-state index in [9.17, 15) is 5.11 Å². The Balaban J connectivity index is 2.52. The van der Waals surface area contributed by atoms with Crippen molar-refractivity contribution in [3.63, 3.8) is 0 Å². The normalized spacial score (nSPS) is 13.2. The van der Waals surface area contributed by atoms with E-state index in [4.69, 9.17) is 17.3 Å². The fourth-order valence-electron chi connectivity index (χ4n) is 1.30. The van der Waals surface area contributed by atoms with Crippen LogP contribution in [-0.4, -0.2) is 24.2 Å². The summed E-state index contributed by atoms with van der Waals surface area (Å²) in [5, 5.41) is 13.4. The largest absolute Gasteiger partial charge is 0.386 e. The van der Waals surface area contributed by atoms with Crippen molar-refractivity contribution >= 4 is 17.6 Å². The van der Waals surface area contributed by atoms with E-state index >= 15 is 0 Å². The first-order valence-corrected chi connectivity index (χ1v) is 5.98. The lowest BCUT2D eigenvalue weighted by atomic mass is 10.1. The molecule has 18 heavy (non-hydrogen) atoms. The summed E-state index contributed by atoms with van der Waals surface area (Å²) in [6.45, 7) is 6.39. The van der Waals surface area contributed by atoms with Crippen LogP contribution in [0, 0.1) is 0 Å². The lowest BCUT2D eigenvalue weighted by Gasteiger charge is -2.10. The van der Waals surface area contributed by atoms with Gasteiger partial charge in [-0.15, -0.1) is 0 Å². The molecule has 0 radical (unpaired) electrons. The maximum atomic E-state index is 9.90. The Morgan fingerprint density at radius 1 is 1.61 bits per heavy atom. The van der Waals surface area contributed by atoms with Crippen LogP contribution in [0.15, 0.2) is 41.4 Å². The summed E-state index contributed by atoms with van der Waals surface area (Å²) >= 11 is 5.84. The maximum absolute atomic E-state index is 9.90. The Kier molecular flexibility index (Phi) is 5.68.